The normalized spacial score (nSPS) is 21.4. The lowest BCUT2D eigenvalue weighted by atomic mass is 9.95. The quantitative estimate of drug-likeness (QED) is 0.265. The number of benzene rings is 1. The number of imidazole rings is 1. The van der Waals surface area contributed by atoms with Crippen LogP contribution in [0.15, 0.2) is 47.5 Å². The molecule has 1 unspecified atom stereocenters. The van der Waals surface area contributed by atoms with E-state index in [9.17, 15) is 9.59 Å². The number of aryl methyl sites for hydroxylation is 3. The van der Waals surface area contributed by atoms with Gasteiger partial charge in [-0.15, -0.1) is 0 Å². The standard InChI is InChI=1S/C36H44BrClN6O3.B/c1-41-23-39-20-29(41)13-14-43(21-24-7-8-24)35(45)32-22-42(15-16-44(32)36(46)47-30-5-3-2-4-6-30)34-31-12-11-28(38)18-25(31)9-10-26-17-27(37)19-40-33(26)34;/h11-12,17-20,23-24,30,32,34H,2-10,13-16,21-22H2,1H3;/t32-,34?;/m1./s1. The molecule has 253 valence electrons. The third-order valence-electron chi connectivity index (χ3n) is 10.4. The molecular formula is C36H44BBrClN6O3. The number of pyridine rings is 1. The smallest absolute Gasteiger partial charge is 0.410 e. The molecule has 12 heteroatoms. The van der Waals surface area contributed by atoms with Crippen LogP contribution in [0.5, 0.6) is 0 Å². The molecule has 0 N–H and O–H groups in total. The summed E-state index contributed by atoms with van der Waals surface area (Å²) >= 11 is 10.1. The van der Waals surface area contributed by atoms with Crippen LogP contribution in [-0.4, -0.2) is 94.5 Å². The molecule has 2 saturated carbocycles. The van der Waals surface area contributed by atoms with E-state index >= 15 is 0 Å². The van der Waals surface area contributed by atoms with Crippen LogP contribution in [0.2, 0.25) is 5.02 Å². The number of nitrogens with zero attached hydrogens (tertiary/aromatic N) is 6. The topological polar surface area (TPSA) is 83.8 Å². The van der Waals surface area contributed by atoms with Crippen LogP contribution < -0.4 is 0 Å². The van der Waals surface area contributed by atoms with E-state index in [1.54, 1.807) is 11.2 Å². The minimum absolute atomic E-state index is 0. The van der Waals surface area contributed by atoms with Gasteiger partial charge < -0.3 is 14.2 Å². The number of carbonyl (C=O) groups is 2. The molecule has 1 aromatic carbocycles. The molecule has 48 heavy (non-hydrogen) atoms. The highest BCUT2D eigenvalue weighted by molar-refractivity contribution is 9.10. The Labute approximate surface area is 299 Å². The third kappa shape index (κ3) is 7.78. The largest absolute Gasteiger partial charge is 0.446 e. The SMILES string of the molecule is Cn1cncc1CCN(CC1CC1)C(=O)[C@H]1CN(C2c3ccc(Cl)cc3CCc3cc(Br)cnc32)CCN1C(=O)OC1CCCCC1.[B]. The summed E-state index contributed by atoms with van der Waals surface area (Å²) in [6.45, 7) is 2.70. The van der Waals surface area contributed by atoms with Crippen molar-refractivity contribution >= 4 is 47.9 Å². The first-order valence-corrected chi connectivity index (χ1v) is 18.4. The Morgan fingerprint density at radius 3 is 2.58 bits per heavy atom. The van der Waals surface area contributed by atoms with Crippen molar-refractivity contribution in [2.24, 2.45) is 13.0 Å². The number of carbonyl (C=O) groups excluding carboxylic acids is 2. The van der Waals surface area contributed by atoms with Gasteiger partial charge in [-0.25, -0.2) is 9.78 Å². The van der Waals surface area contributed by atoms with Gasteiger partial charge in [-0.05, 0) is 108 Å². The predicted molar refractivity (Wildman–Crippen MR) is 190 cm³/mol. The molecule has 4 aliphatic rings. The van der Waals surface area contributed by atoms with Gasteiger partial charge >= 0.3 is 6.09 Å². The second-order valence-electron chi connectivity index (χ2n) is 13.8. The average molecular weight is 735 g/mol. The molecule has 3 radical (unpaired) electrons. The monoisotopic (exact) mass is 733 g/mol. The fraction of sp³-hybridized carbons (Fsp3) is 0.556. The van der Waals surface area contributed by atoms with Crippen molar-refractivity contribution in [3.05, 3.63) is 80.6 Å². The molecule has 0 bridgehead atoms. The molecule has 2 atom stereocenters. The van der Waals surface area contributed by atoms with Crippen molar-refractivity contribution < 1.29 is 14.3 Å². The minimum Gasteiger partial charge on any atom is -0.446 e. The van der Waals surface area contributed by atoms with Crippen molar-refractivity contribution in [2.45, 2.75) is 82.4 Å². The Kier molecular flexibility index (Phi) is 11.2. The third-order valence-corrected chi connectivity index (χ3v) is 11.1. The van der Waals surface area contributed by atoms with Crippen molar-refractivity contribution in [3.8, 4) is 0 Å². The Hall–Kier alpha value is -2.89. The maximum atomic E-state index is 14.8. The van der Waals surface area contributed by atoms with Crippen molar-refractivity contribution in [2.75, 3.05) is 32.7 Å². The Balaban J connectivity index is 0.00000401. The maximum Gasteiger partial charge on any atom is 0.410 e. The lowest BCUT2D eigenvalue weighted by molar-refractivity contribution is -0.139. The Bertz CT molecular complexity index is 1560. The van der Waals surface area contributed by atoms with Gasteiger partial charge in [-0.2, -0.15) is 0 Å². The predicted octanol–water partition coefficient (Wildman–Crippen LogP) is 5.98. The van der Waals surface area contributed by atoms with Crippen molar-refractivity contribution in [1.29, 1.82) is 0 Å². The summed E-state index contributed by atoms with van der Waals surface area (Å²) in [5, 5.41) is 0.718. The van der Waals surface area contributed by atoms with Crippen LogP contribution in [0, 0.1) is 5.92 Å². The average Bonchev–Trinajstić information content (AvgIpc) is 3.83. The number of hydrogen-bond acceptors (Lipinski definition) is 6. The molecule has 1 saturated heterocycles. The van der Waals surface area contributed by atoms with Crippen LogP contribution in [-0.2, 0) is 35.8 Å². The Morgan fingerprint density at radius 1 is 1.04 bits per heavy atom. The molecule has 3 aromatic rings. The first-order chi connectivity index (χ1) is 22.8. The zero-order valence-corrected chi connectivity index (χ0v) is 30.0. The number of piperazine rings is 1. The van der Waals surface area contributed by atoms with Crippen LogP contribution in [0.1, 0.15) is 79.1 Å². The van der Waals surface area contributed by atoms with E-state index in [4.69, 9.17) is 21.3 Å². The van der Waals surface area contributed by atoms with Crippen molar-refractivity contribution in [3.63, 3.8) is 0 Å². The number of aromatic nitrogens is 3. The zero-order chi connectivity index (χ0) is 32.5. The van der Waals surface area contributed by atoms with E-state index in [2.05, 4.69) is 44.0 Å². The minimum atomic E-state index is -0.664. The first-order valence-electron chi connectivity index (χ1n) is 17.2. The molecule has 3 heterocycles. The summed E-state index contributed by atoms with van der Waals surface area (Å²) < 4.78 is 9.07. The fourth-order valence-electron chi connectivity index (χ4n) is 7.63. The van der Waals surface area contributed by atoms with Crippen LogP contribution in [0.4, 0.5) is 4.79 Å². The molecule has 7 rings (SSSR count). The second kappa shape index (κ2) is 15.3. The van der Waals surface area contributed by atoms with Crippen LogP contribution in [0.3, 0.4) is 0 Å². The van der Waals surface area contributed by atoms with Gasteiger partial charge in [0.1, 0.15) is 12.1 Å². The molecule has 3 fully saturated rings. The van der Waals surface area contributed by atoms with Crippen LogP contribution in [0.25, 0.3) is 0 Å². The van der Waals surface area contributed by atoms with Gasteiger partial charge in [0.15, 0.2) is 0 Å². The first kappa shape index (κ1) is 35.0. The van der Waals surface area contributed by atoms with Gasteiger partial charge in [-0.3, -0.25) is 19.6 Å². The fourth-order valence-corrected chi connectivity index (χ4v) is 8.21. The van der Waals surface area contributed by atoms with Crippen molar-refractivity contribution in [1.82, 2.24) is 29.2 Å². The van der Waals surface area contributed by atoms with Gasteiger partial charge in [0.25, 0.3) is 0 Å². The highest BCUT2D eigenvalue weighted by Crippen LogP contribution is 2.39. The van der Waals surface area contributed by atoms with E-state index in [-0.39, 0.29) is 32.6 Å². The second-order valence-corrected chi connectivity index (χ2v) is 15.1. The van der Waals surface area contributed by atoms with Gasteiger partial charge in [-0.1, -0.05) is 24.1 Å². The number of rotatable bonds is 8. The van der Waals surface area contributed by atoms with E-state index in [1.165, 1.54) is 23.1 Å². The molecule has 0 spiro atoms. The van der Waals surface area contributed by atoms with Gasteiger partial charge in [0.05, 0.1) is 18.1 Å². The molecule has 3 aliphatic carbocycles. The molecule has 2 aromatic heterocycles. The van der Waals surface area contributed by atoms with E-state index in [0.29, 0.717) is 45.1 Å². The summed E-state index contributed by atoms with van der Waals surface area (Å²) in [7, 11) is 1.99. The number of hydrogen-bond donors (Lipinski definition) is 0. The van der Waals surface area contributed by atoms with E-state index in [0.717, 1.165) is 72.2 Å². The van der Waals surface area contributed by atoms with Gasteiger partial charge in [0.2, 0.25) is 5.91 Å². The molecule has 9 nitrogen and oxygen atoms in total. The lowest BCUT2D eigenvalue weighted by Gasteiger charge is -2.45. The summed E-state index contributed by atoms with van der Waals surface area (Å²) in [4.78, 5) is 44.0. The van der Waals surface area contributed by atoms with Crippen LogP contribution >= 0.6 is 27.5 Å². The summed E-state index contributed by atoms with van der Waals surface area (Å²) in [6.07, 6.45) is 14.9. The molecule has 2 amide bonds. The highest BCUT2D eigenvalue weighted by Gasteiger charge is 2.43. The Morgan fingerprint density at radius 2 is 1.83 bits per heavy atom. The number of halogens is 2. The zero-order valence-electron chi connectivity index (χ0n) is 27.7. The van der Waals surface area contributed by atoms with E-state index < -0.39 is 6.04 Å². The molecule has 1 aliphatic heterocycles. The number of ether oxygens (including phenoxy) is 1. The molecular weight excluding hydrogens is 691 g/mol. The maximum absolute atomic E-state index is 14.8. The highest BCUT2D eigenvalue weighted by atomic mass is 79.9. The summed E-state index contributed by atoms with van der Waals surface area (Å²) in [5.74, 6) is 0.513. The lowest BCUT2D eigenvalue weighted by Crippen LogP contribution is -2.62. The van der Waals surface area contributed by atoms with Gasteiger partial charge in [0, 0.05) is 82.2 Å². The number of amides is 2. The summed E-state index contributed by atoms with van der Waals surface area (Å²) in [5.41, 5.74) is 5.64. The van der Waals surface area contributed by atoms with E-state index in [1.807, 2.05) is 35.0 Å². The summed E-state index contributed by atoms with van der Waals surface area (Å²) in [6, 6.07) is 7.48. The number of fused-ring (bicyclic) bond motifs is 2.